The van der Waals surface area contributed by atoms with Crippen LogP contribution in [-0.2, 0) is 16.0 Å². The summed E-state index contributed by atoms with van der Waals surface area (Å²) in [6.07, 6.45) is 3.63. The van der Waals surface area contributed by atoms with E-state index in [1.807, 2.05) is 6.07 Å². The van der Waals surface area contributed by atoms with E-state index in [9.17, 15) is 9.59 Å². The number of carbonyl (C=O) groups is 2. The van der Waals surface area contributed by atoms with Crippen LogP contribution >= 0.6 is 0 Å². The van der Waals surface area contributed by atoms with E-state index >= 15 is 0 Å². The van der Waals surface area contributed by atoms with Crippen LogP contribution in [0.3, 0.4) is 0 Å². The average Bonchev–Trinajstić information content (AvgIpc) is 2.57. The molecule has 19 heavy (non-hydrogen) atoms. The first-order chi connectivity index (χ1) is 9.15. The molecule has 1 aliphatic heterocycles. The summed E-state index contributed by atoms with van der Waals surface area (Å²) in [5, 5.41) is 2.93. The van der Waals surface area contributed by atoms with Crippen molar-refractivity contribution in [2.24, 2.45) is 5.92 Å². The minimum atomic E-state index is -0.383. The Kier molecular flexibility index (Phi) is 4.20. The third-order valence-electron chi connectivity index (χ3n) is 3.56. The summed E-state index contributed by atoms with van der Waals surface area (Å²) >= 11 is 0. The first-order valence-corrected chi connectivity index (χ1v) is 6.67. The molecule has 4 nitrogen and oxygen atoms in total. The molecule has 1 aromatic carbocycles. The molecule has 0 spiro atoms. The fourth-order valence-corrected chi connectivity index (χ4v) is 2.48. The zero-order valence-corrected chi connectivity index (χ0v) is 11.4. The number of hydrogen-bond donors (Lipinski definition) is 1. The van der Waals surface area contributed by atoms with Gasteiger partial charge in [0.25, 0.3) is 0 Å². The van der Waals surface area contributed by atoms with Gasteiger partial charge in [-0.15, -0.1) is 0 Å². The number of aryl methyl sites for hydroxylation is 1. The topological polar surface area (TPSA) is 55.4 Å². The molecule has 0 radical (unpaired) electrons. The van der Waals surface area contributed by atoms with Gasteiger partial charge < -0.3 is 10.1 Å². The van der Waals surface area contributed by atoms with E-state index in [4.69, 9.17) is 4.74 Å². The lowest BCUT2D eigenvalue weighted by Crippen LogP contribution is -2.21. The summed E-state index contributed by atoms with van der Waals surface area (Å²) in [5.41, 5.74) is 2.29. The highest BCUT2D eigenvalue weighted by Crippen LogP contribution is 2.27. The Morgan fingerprint density at radius 3 is 2.95 bits per heavy atom. The maximum Gasteiger partial charge on any atom is 0.337 e. The largest absolute Gasteiger partial charge is 0.465 e. The lowest BCUT2D eigenvalue weighted by molar-refractivity contribution is -0.120. The Hall–Kier alpha value is -1.84. The predicted molar refractivity (Wildman–Crippen MR) is 73.1 cm³/mol. The second-order valence-electron chi connectivity index (χ2n) is 4.88. The number of amides is 1. The molecule has 1 aliphatic rings. The molecule has 2 rings (SSSR count). The van der Waals surface area contributed by atoms with Crippen molar-refractivity contribution in [2.75, 3.05) is 12.4 Å². The molecule has 0 fully saturated rings. The van der Waals surface area contributed by atoms with Crippen molar-refractivity contribution in [1.82, 2.24) is 0 Å². The van der Waals surface area contributed by atoms with Crippen LogP contribution in [0.25, 0.3) is 0 Å². The zero-order valence-electron chi connectivity index (χ0n) is 11.4. The highest BCUT2D eigenvalue weighted by Gasteiger charge is 2.23. The molecule has 0 aromatic heterocycles. The highest BCUT2D eigenvalue weighted by molar-refractivity contribution is 5.96. The lowest BCUT2D eigenvalue weighted by atomic mass is 9.96. The monoisotopic (exact) mass is 261 g/mol. The number of nitrogens with one attached hydrogen (secondary N) is 1. The highest BCUT2D eigenvalue weighted by atomic mass is 16.5. The van der Waals surface area contributed by atoms with Crippen molar-refractivity contribution < 1.29 is 14.3 Å². The van der Waals surface area contributed by atoms with Crippen LogP contribution in [0.5, 0.6) is 0 Å². The molecule has 1 amide bonds. The fourth-order valence-electron chi connectivity index (χ4n) is 2.48. The second-order valence-corrected chi connectivity index (χ2v) is 4.88. The molecule has 1 atom stereocenters. The van der Waals surface area contributed by atoms with E-state index in [-0.39, 0.29) is 17.8 Å². The number of anilines is 1. The standard InChI is InChI=1S/C15H19NO3/c1-3-4-11-7-5-10-6-8-12(15(18)19-2)9-13(10)16-14(11)17/h6,8-9,11H,3-5,7H2,1-2H3,(H,16,17). The summed E-state index contributed by atoms with van der Waals surface area (Å²) in [5.74, 6) is -0.256. The van der Waals surface area contributed by atoms with E-state index in [1.54, 1.807) is 12.1 Å². The third kappa shape index (κ3) is 2.95. The van der Waals surface area contributed by atoms with Crippen LogP contribution in [0.4, 0.5) is 5.69 Å². The van der Waals surface area contributed by atoms with Crippen molar-refractivity contribution in [3.8, 4) is 0 Å². The lowest BCUT2D eigenvalue weighted by Gasteiger charge is -2.11. The van der Waals surface area contributed by atoms with Gasteiger partial charge in [-0.25, -0.2) is 4.79 Å². The first-order valence-electron chi connectivity index (χ1n) is 6.67. The van der Waals surface area contributed by atoms with Gasteiger partial charge in [-0.2, -0.15) is 0 Å². The number of methoxy groups -OCH3 is 1. The number of ether oxygens (including phenoxy) is 1. The number of esters is 1. The van der Waals surface area contributed by atoms with E-state index < -0.39 is 0 Å². The Bertz CT molecular complexity index is 496. The van der Waals surface area contributed by atoms with Gasteiger partial charge in [-0.05, 0) is 37.0 Å². The fraction of sp³-hybridized carbons (Fsp3) is 0.467. The average molecular weight is 261 g/mol. The molecule has 0 saturated carbocycles. The molecule has 1 unspecified atom stereocenters. The predicted octanol–water partition coefficient (Wildman–Crippen LogP) is 2.77. The number of fused-ring (bicyclic) bond motifs is 1. The van der Waals surface area contributed by atoms with Crippen molar-refractivity contribution in [2.45, 2.75) is 32.6 Å². The molecule has 0 saturated heterocycles. The van der Waals surface area contributed by atoms with E-state index in [0.717, 1.165) is 36.9 Å². The van der Waals surface area contributed by atoms with Crippen LogP contribution in [0, 0.1) is 5.92 Å². The number of carbonyl (C=O) groups excluding carboxylic acids is 2. The second kappa shape index (κ2) is 5.87. The van der Waals surface area contributed by atoms with Gasteiger partial charge in [-0.1, -0.05) is 19.4 Å². The maximum absolute atomic E-state index is 12.1. The third-order valence-corrected chi connectivity index (χ3v) is 3.56. The van der Waals surface area contributed by atoms with Crippen LogP contribution in [0.15, 0.2) is 18.2 Å². The van der Waals surface area contributed by atoms with Gasteiger partial charge in [0, 0.05) is 11.6 Å². The van der Waals surface area contributed by atoms with E-state index in [1.165, 1.54) is 7.11 Å². The SMILES string of the molecule is CCCC1CCc2ccc(C(=O)OC)cc2NC1=O. The Morgan fingerprint density at radius 2 is 2.26 bits per heavy atom. The summed E-state index contributed by atoms with van der Waals surface area (Å²) in [6.45, 7) is 2.08. The van der Waals surface area contributed by atoms with Gasteiger partial charge in [-0.3, -0.25) is 4.79 Å². The molecule has 1 heterocycles. The molecular weight excluding hydrogens is 242 g/mol. The quantitative estimate of drug-likeness (QED) is 0.851. The van der Waals surface area contributed by atoms with Gasteiger partial charge in [0.1, 0.15) is 0 Å². The van der Waals surface area contributed by atoms with Crippen molar-refractivity contribution in [3.05, 3.63) is 29.3 Å². The van der Waals surface area contributed by atoms with Crippen molar-refractivity contribution in [1.29, 1.82) is 0 Å². The normalized spacial score (nSPS) is 18.2. The number of hydrogen-bond acceptors (Lipinski definition) is 3. The molecule has 4 heteroatoms. The van der Waals surface area contributed by atoms with Gasteiger partial charge >= 0.3 is 5.97 Å². The minimum absolute atomic E-state index is 0.0580. The van der Waals surface area contributed by atoms with Gasteiger partial charge in [0.05, 0.1) is 12.7 Å². The molecule has 0 aliphatic carbocycles. The van der Waals surface area contributed by atoms with Crippen LogP contribution < -0.4 is 5.32 Å². The van der Waals surface area contributed by atoms with Gasteiger partial charge in [0.2, 0.25) is 5.91 Å². The van der Waals surface area contributed by atoms with Gasteiger partial charge in [0.15, 0.2) is 0 Å². The molecule has 1 N–H and O–H groups in total. The van der Waals surface area contributed by atoms with Crippen molar-refractivity contribution in [3.63, 3.8) is 0 Å². The Labute approximate surface area is 113 Å². The minimum Gasteiger partial charge on any atom is -0.465 e. The van der Waals surface area contributed by atoms with E-state index in [0.29, 0.717) is 5.56 Å². The van der Waals surface area contributed by atoms with Crippen molar-refractivity contribution >= 4 is 17.6 Å². The summed E-state index contributed by atoms with van der Waals surface area (Å²) in [7, 11) is 1.35. The molecule has 102 valence electrons. The summed E-state index contributed by atoms with van der Waals surface area (Å²) in [6, 6.07) is 5.35. The summed E-state index contributed by atoms with van der Waals surface area (Å²) in [4.78, 5) is 23.6. The number of benzene rings is 1. The smallest absolute Gasteiger partial charge is 0.337 e. The molecular formula is C15H19NO3. The Morgan fingerprint density at radius 1 is 1.47 bits per heavy atom. The van der Waals surface area contributed by atoms with Crippen LogP contribution in [0.1, 0.15) is 42.1 Å². The van der Waals surface area contributed by atoms with Crippen LogP contribution in [0.2, 0.25) is 0 Å². The summed E-state index contributed by atoms with van der Waals surface area (Å²) < 4.78 is 4.69. The number of rotatable bonds is 3. The maximum atomic E-state index is 12.1. The molecule has 1 aromatic rings. The van der Waals surface area contributed by atoms with Crippen LogP contribution in [-0.4, -0.2) is 19.0 Å². The van der Waals surface area contributed by atoms with E-state index in [2.05, 4.69) is 12.2 Å². The molecule has 0 bridgehead atoms. The first kappa shape index (κ1) is 13.6. The zero-order chi connectivity index (χ0) is 13.8. The Balaban J connectivity index is 2.25.